The molecule has 0 fully saturated rings. The van der Waals surface area contributed by atoms with E-state index in [0.717, 1.165) is 47.2 Å². The van der Waals surface area contributed by atoms with Crippen molar-refractivity contribution in [1.29, 1.82) is 0 Å². The van der Waals surface area contributed by atoms with E-state index in [1.165, 1.54) is 11.3 Å². The first kappa shape index (κ1) is 16.0. The Morgan fingerprint density at radius 3 is 2.84 bits per heavy atom. The van der Waals surface area contributed by atoms with Gasteiger partial charge in [-0.25, -0.2) is 4.39 Å². The van der Waals surface area contributed by atoms with Crippen molar-refractivity contribution in [2.75, 3.05) is 13.6 Å². The van der Waals surface area contributed by atoms with E-state index in [-0.39, 0.29) is 5.82 Å². The maximum absolute atomic E-state index is 13.8. The highest BCUT2D eigenvalue weighted by Gasteiger charge is 2.22. The Labute approximate surface area is 147 Å². The summed E-state index contributed by atoms with van der Waals surface area (Å²) in [6.07, 6.45) is 5.04. The molecule has 0 saturated carbocycles. The molecule has 1 aromatic carbocycles. The van der Waals surface area contributed by atoms with Crippen molar-refractivity contribution in [2.45, 2.75) is 26.8 Å². The fourth-order valence-electron chi connectivity index (χ4n) is 3.62. The summed E-state index contributed by atoms with van der Waals surface area (Å²) in [7, 11) is 2.12. The average Bonchev–Trinajstić information content (AvgIpc) is 2.88. The monoisotopic (exact) mass is 335 g/mol. The Hall–Kier alpha value is -2.46. The third-order valence-electron chi connectivity index (χ3n) is 5.03. The van der Waals surface area contributed by atoms with Crippen LogP contribution in [0.5, 0.6) is 0 Å². The zero-order valence-corrected chi connectivity index (χ0v) is 14.9. The van der Waals surface area contributed by atoms with Crippen LogP contribution in [-0.4, -0.2) is 28.0 Å². The second-order valence-corrected chi connectivity index (χ2v) is 6.94. The Kier molecular flexibility index (Phi) is 3.92. The van der Waals surface area contributed by atoms with Crippen LogP contribution < -0.4 is 0 Å². The van der Waals surface area contributed by atoms with E-state index < -0.39 is 0 Å². The zero-order valence-electron chi connectivity index (χ0n) is 14.9. The van der Waals surface area contributed by atoms with Gasteiger partial charge in [0, 0.05) is 48.7 Å². The molecule has 25 heavy (non-hydrogen) atoms. The Morgan fingerprint density at radius 2 is 2.08 bits per heavy atom. The van der Waals surface area contributed by atoms with Crippen LogP contribution in [-0.2, 0) is 13.0 Å². The lowest BCUT2D eigenvalue weighted by Crippen LogP contribution is -2.26. The molecule has 0 spiro atoms. The molecule has 0 radical (unpaired) electrons. The highest BCUT2D eigenvalue weighted by molar-refractivity contribution is 5.90. The van der Waals surface area contributed by atoms with Crippen LogP contribution >= 0.6 is 0 Å². The molecule has 0 unspecified atom stereocenters. The van der Waals surface area contributed by atoms with Gasteiger partial charge in [0.25, 0.3) is 0 Å². The molecule has 3 heterocycles. The summed E-state index contributed by atoms with van der Waals surface area (Å²) in [6, 6.07) is 9.23. The lowest BCUT2D eigenvalue weighted by Gasteiger charge is -2.23. The first-order valence-corrected chi connectivity index (χ1v) is 8.64. The van der Waals surface area contributed by atoms with Gasteiger partial charge in [0.05, 0.1) is 5.52 Å². The predicted octanol–water partition coefficient (Wildman–Crippen LogP) is 4.49. The van der Waals surface area contributed by atoms with Gasteiger partial charge >= 0.3 is 0 Å². The smallest absolute Gasteiger partial charge is 0.123 e. The van der Waals surface area contributed by atoms with Crippen molar-refractivity contribution >= 4 is 22.7 Å². The van der Waals surface area contributed by atoms with Crippen LogP contribution in [0.25, 0.3) is 22.7 Å². The molecule has 3 nitrogen and oxygen atoms in total. The first-order chi connectivity index (χ1) is 12.0. The molecule has 1 aliphatic heterocycles. The Morgan fingerprint density at radius 1 is 1.24 bits per heavy atom. The van der Waals surface area contributed by atoms with Gasteiger partial charge in [-0.05, 0) is 61.9 Å². The van der Waals surface area contributed by atoms with Crippen molar-refractivity contribution in [3.05, 3.63) is 64.9 Å². The molecule has 4 heteroatoms. The van der Waals surface area contributed by atoms with Crippen LogP contribution in [0, 0.1) is 12.7 Å². The normalized spacial score (nSPS) is 15.6. The van der Waals surface area contributed by atoms with Crippen LogP contribution in [0.3, 0.4) is 0 Å². The number of rotatable bonds is 2. The third kappa shape index (κ3) is 2.87. The van der Waals surface area contributed by atoms with Gasteiger partial charge in [0.1, 0.15) is 5.82 Å². The zero-order chi connectivity index (χ0) is 17.6. The van der Waals surface area contributed by atoms with E-state index in [4.69, 9.17) is 0 Å². The molecule has 2 aromatic heterocycles. The largest absolute Gasteiger partial charge is 0.320 e. The maximum Gasteiger partial charge on any atom is 0.123 e. The van der Waals surface area contributed by atoms with Crippen LogP contribution in [0.15, 0.2) is 36.5 Å². The quantitative estimate of drug-likeness (QED) is 0.688. The SMILES string of the molecule is C/C(=C\n1c2c(c3cc(F)ccc31)CN(C)CC2)c1ccc(C)nc1. The van der Waals surface area contributed by atoms with Crippen molar-refractivity contribution in [2.24, 2.45) is 0 Å². The number of pyridine rings is 1. The van der Waals surface area contributed by atoms with Gasteiger partial charge in [-0.15, -0.1) is 0 Å². The fraction of sp³-hybridized carbons (Fsp3) is 0.286. The summed E-state index contributed by atoms with van der Waals surface area (Å²) in [4.78, 5) is 6.68. The highest BCUT2D eigenvalue weighted by Crippen LogP contribution is 2.32. The van der Waals surface area contributed by atoms with Gasteiger partial charge in [-0.1, -0.05) is 6.07 Å². The molecule has 0 N–H and O–H groups in total. The second-order valence-electron chi connectivity index (χ2n) is 6.94. The Balaban J connectivity index is 1.89. The minimum absolute atomic E-state index is 0.177. The number of hydrogen-bond donors (Lipinski definition) is 0. The summed E-state index contributed by atoms with van der Waals surface area (Å²) >= 11 is 0. The highest BCUT2D eigenvalue weighted by atomic mass is 19.1. The molecule has 0 atom stereocenters. The minimum Gasteiger partial charge on any atom is -0.320 e. The van der Waals surface area contributed by atoms with E-state index in [1.807, 2.05) is 25.3 Å². The van der Waals surface area contributed by atoms with E-state index in [2.05, 4.69) is 40.7 Å². The van der Waals surface area contributed by atoms with Crippen molar-refractivity contribution in [3.8, 4) is 0 Å². The standard InChI is InChI=1S/C21H22FN3/c1-14(16-5-4-15(2)23-11-16)12-25-20-7-6-17(22)10-18(20)19-13-24(3)9-8-21(19)25/h4-7,10-12H,8-9,13H2,1-3H3/b14-12+. The number of benzene rings is 1. The number of allylic oxidation sites excluding steroid dienone is 1. The number of aromatic nitrogens is 2. The lowest BCUT2D eigenvalue weighted by atomic mass is 10.0. The van der Waals surface area contributed by atoms with Crippen molar-refractivity contribution in [1.82, 2.24) is 14.5 Å². The van der Waals surface area contributed by atoms with E-state index in [1.54, 1.807) is 12.1 Å². The summed E-state index contributed by atoms with van der Waals surface area (Å²) < 4.78 is 16.1. The minimum atomic E-state index is -0.177. The predicted molar refractivity (Wildman–Crippen MR) is 101 cm³/mol. The first-order valence-electron chi connectivity index (χ1n) is 8.64. The number of nitrogens with zero attached hydrogens (tertiary/aromatic N) is 3. The van der Waals surface area contributed by atoms with Gasteiger partial charge in [-0.2, -0.15) is 0 Å². The molecule has 0 amide bonds. The molecule has 128 valence electrons. The second kappa shape index (κ2) is 6.12. The molecular formula is C21H22FN3. The van der Waals surface area contributed by atoms with E-state index in [0.29, 0.717) is 0 Å². The van der Waals surface area contributed by atoms with Gasteiger partial charge in [0.2, 0.25) is 0 Å². The van der Waals surface area contributed by atoms with Crippen molar-refractivity contribution in [3.63, 3.8) is 0 Å². The average molecular weight is 335 g/mol. The number of aryl methyl sites for hydroxylation is 1. The Bertz CT molecular complexity index is 967. The summed E-state index contributed by atoms with van der Waals surface area (Å²) in [5.74, 6) is -0.177. The molecule has 0 aliphatic carbocycles. The molecule has 0 saturated heterocycles. The van der Waals surface area contributed by atoms with E-state index >= 15 is 0 Å². The van der Waals surface area contributed by atoms with Gasteiger partial charge in [0.15, 0.2) is 0 Å². The lowest BCUT2D eigenvalue weighted by molar-refractivity contribution is 0.312. The molecule has 4 rings (SSSR count). The molecule has 1 aliphatic rings. The third-order valence-corrected chi connectivity index (χ3v) is 5.03. The molecule has 3 aromatic rings. The number of likely N-dealkylation sites (N-methyl/N-ethyl adjacent to an activating group) is 1. The summed E-state index contributed by atoms with van der Waals surface area (Å²) in [5.41, 5.74) is 6.87. The van der Waals surface area contributed by atoms with Gasteiger partial charge in [-0.3, -0.25) is 4.98 Å². The number of hydrogen-bond acceptors (Lipinski definition) is 2. The molecular weight excluding hydrogens is 313 g/mol. The van der Waals surface area contributed by atoms with Gasteiger partial charge < -0.3 is 9.47 Å². The van der Waals surface area contributed by atoms with Crippen molar-refractivity contribution < 1.29 is 4.39 Å². The van der Waals surface area contributed by atoms with Crippen LogP contribution in [0.1, 0.15) is 29.4 Å². The van der Waals surface area contributed by atoms with E-state index in [9.17, 15) is 4.39 Å². The van der Waals surface area contributed by atoms with Crippen LogP contribution in [0.4, 0.5) is 4.39 Å². The number of halogens is 1. The maximum atomic E-state index is 13.8. The number of fused-ring (bicyclic) bond motifs is 3. The topological polar surface area (TPSA) is 21.1 Å². The molecule has 0 bridgehead atoms. The van der Waals surface area contributed by atoms with Crippen LogP contribution in [0.2, 0.25) is 0 Å². The summed E-state index contributed by atoms with van der Waals surface area (Å²) in [5, 5.41) is 1.02. The summed E-state index contributed by atoms with van der Waals surface area (Å²) in [6.45, 7) is 5.97. The fourth-order valence-corrected chi connectivity index (χ4v) is 3.62.